The van der Waals surface area contributed by atoms with Crippen LogP contribution in [0.1, 0.15) is 6.42 Å². The second kappa shape index (κ2) is 7.22. The first-order chi connectivity index (χ1) is 6.93. The lowest BCUT2D eigenvalue weighted by Gasteiger charge is -2.15. The van der Waals surface area contributed by atoms with Crippen LogP contribution in [-0.4, -0.2) is 58.4 Å². The molecule has 0 aliphatic carbocycles. The predicted molar refractivity (Wildman–Crippen MR) is 57.2 cm³/mol. The van der Waals surface area contributed by atoms with Crippen molar-refractivity contribution >= 4 is 22.8 Å². The fourth-order valence-corrected chi connectivity index (χ4v) is 1.43. The minimum Gasteiger partial charge on any atom is -0.480 e. The molecule has 0 radical (unpaired) electrons. The van der Waals surface area contributed by atoms with Gasteiger partial charge in [0, 0.05) is 36.4 Å². The van der Waals surface area contributed by atoms with E-state index >= 15 is 0 Å². The van der Waals surface area contributed by atoms with Crippen LogP contribution in [-0.2, 0) is 15.6 Å². The Labute approximate surface area is 91.1 Å². The van der Waals surface area contributed by atoms with Crippen molar-refractivity contribution in [2.75, 3.05) is 32.1 Å². The fraction of sp³-hybridized carbons (Fsp3) is 0.750. The zero-order chi connectivity index (χ0) is 11.8. The molecule has 0 saturated carbocycles. The van der Waals surface area contributed by atoms with Crippen LogP contribution in [0.25, 0.3) is 0 Å². The van der Waals surface area contributed by atoms with E-state index in [1.807, 2.05) is 0 Å². The third-order valence-electron chi connectivity index (χ3n) is 1.60. The zero-order valence-electron chi connectivity index (χ0n) is 8.86. The molecule has 0 heterocycles. The Morgan fingerprint density at radius 1 is 1.47 bits per heavy atom. The highest BCUT2D eigenvalue weighted by Gasteiger charge is 2.10. The first kappa shape index (κ1) is 13.9. The smallest absolute Gasteiger partial charge is 0.323 e. The largest absolute Gasteiger partial charge is 0.480 e. The van der Waals surface area contributed by atoms with Gasteiger partial charge in [0.1, 0.15) is 6.54 Å². The van der Waals surface area contributed by atoms with Crippen molar-refractivity contribution in [2.45, 2.75) is 6.42 Å². The normalized spacial score (nSPS) is 11.9. The van der Waals surface area contributed by atoms with Gasteiger partial charge in [-0.2, -0.15) is 0 Å². The number of urea groups is 1. The van der Waals surface area contributed by atoms with Crippen molar-refractivity contribution in [2.24, 2.45) is 0 Å². The van der Waals surface area contributed by atoms with E-state index in [0.717, 1.165) is 4.90 Å². The predicted octanol–water partition coefficient (Wildman–Crippen LogP) is -0.519. The third kappa shape index (κ3) is 7.92. The number of carboxylic acids is 1. The summed E-state index contributed by atoms with van der Waals surface area (Å²) in [6, 6.07) is -0.431. The average Bonchev–Trinajstić information content (AvgIpc) is 2.10. The van der Waals surface area contributed by atoms with Crippen LogP contribution >= 0.6 is 0 Å². The Morgan fingerprint density at radius 2 is 2.07 bits per heavy atom. The molecular formula is C8H16N2O4S. The quantitative estimate of drug-likeness (QED) is 0.608. The number of carbonyl (C=O) groups is 2. The summed E-state index contributed by atoms with van der Waals surface area (Å²) in [5, 5.41) is 10.9. The van der Waals surface area contributed by atoms with Crippen molar-refractivity contribution in [3.05, 3.63) is 0 Å². The van der Waals surface area contributed by atoms with Crippen LogP contribution in [0.15, 0.2) is 0 Å². The van der Waals surface area contributed by atoms with Crippen LogP contribution in [0.2, 0.25) is 0 Å². The molecule has 0 aliphatic heterocycles. The molecule has 0 aromatic heterocycles. The Hall–Kier alpha value is -1.11. The Bertz CT molecular complexity index is 257. The molecule has 0 spiro atoms. The summed E-state index contributed by atoms with van der Waals surface area (Å²) in [7, 11) is 0.545. The number of nitrogens with one attached hydrogen (secondary N) is 1. The molecule has 1 atom stereocenters. The van der Waals surface area contributed by atoms with Gasteiger partial charge in [-0.1, -0.05) is 0 Å². The molecule has 0 aliphatic rings. The van der Waals surface area contributed by atoms with Gasteiger partial charge in [0.25, 0.3) is 0 Å². The average molecular weight is 236 g/mol. The molecule has 2 N–H and O–H groups in total. The number of nitrogens with zero attached hydrogens (tertiary/aromatic N) is 1. The van der Waals surface area contributed by atoms with Crippen molar-refractivity contribution in [1.29, 1.82) is 0 Å². The molecule has 15 heavy (non-hydrogen) atoms. The Balaban J connectivity index is 3.64. The van der Waals surface area contributed by atoms with E-state index in [4.69, 9.17) is 5.11 Å². The highest BCUT2D eigenvalue weighted by atomic mass is 32.2. The van der Waals surface area contributed by atoms with Crippen LogP contribution in [0.4, 0.5) is 4.79 Å². The van der Waals surface area contributed by atoms with Crippen LogP contribution in [0, 0.1) is 0 Å². The lowest BCUT2D eigenvalue weighted by molar-refractivity contribution is -0.137. The van der Waals surface area contributed by atoms with Gasteiger partial charge in [-0.05, 0) is 6.42 Å². The summed E-state index contributed by atoms with van der Waals surface area (Å²) in [5.41, 5.74) is 0. The van der Waals surface area contributed by atoms with E-state index in [0.29, 0.717) is 18.7 Å². The molecule has 0 bridgehead atoms. The van der Waals surface area contributed by atoms with Gasteiger partial charge in [-0.25, -0.2) is 4.79 Å². The highest BCUT2D eigenvalue weighted by molar-refractivity contribution is 7.84. The van der Waals surface area contributed by atoms with Gasteiger partial charge in [0.15, 0.2) is 0 Å². The monoisotopic (exact) mass is 236 g/mol. The molecule has 2 amide bonds. The molecule has 88 valence electrons. The van der Waals surface area contributed by atoms with Crippen molar-refractivity contribution in [1.82, 2.24) is 10.2 Å². The summed E-state index contributed by atoms with van der Waals surface area (Å²) in [5.74, 6) is -0.523. The van der Waals surface area contributed by atoms with Gasteiger partial charge in [-0.3, -0.25) is 9.00 Å². The van der Waals surface area contributed by atoms with E-state index in [2.05, 4.69) is 5.32 Å². The number of rotatable bonds is 6. The van der Waals surface area contributed by atoms with Crippen LogP contribution in [0.5, 0.6) is 0 Å². The maximum absolute atomic E-state index is 11.2. The molecular weight excluding hydrogens is 220 g/mol. The van der Waals surface area contributed by atoms with Crippen molar-refractivity contribution in [3.8, 4) is 0 Å². The molecule has 0 saturated heterocycles. The highest BCUT2D eigenvalue weighted by Crippen LogP contribution is 1.86. The van der Waals surface area contributed by atoms with Gasteiger partial charge in [0.2, 0.25) is 0 Å². The molecule has 7 heteroatoms. The number of amides is 2. The fourth-order valence-electron chi connectivity index (χ4n) is 0.880. The molecule has 0 fully saturated rings. The number of aliphatic carboxylic acids is 1. The molecule has 0 aromatic carbocycles. The molecule has 0 rings (SSSR count). The van der Waals surface area contributed by atoms with Gasteiger partial charge in [-0.15, -0.1) is 0 Å². The van der Waals surface area contributed by atoms with Crippen LogP contribution < -0.4 is 5.32 Å². The van der Waals surface area contributed by atoms with Gasteiger partial charge in [0.05, 0.1) is 0 Å². The second-order valence-electron chi connectivity index (χ2n) is 3.11. The molecule has 6 nitrogen and oxygen atoms in total. The number of likely N-dealkylation sites (N-methyl/N-ethyl adjacent to an activating group) is 1. The lowest BCUT2D eigenvalue weighted by Crippen LogP contribution is -2.40. The maximum Gasteiger partial charge on any atom is 0.323 e. The SMILES string of the molecule is CN(CC(=O)O)C(=O)NCCCS(C)=O. The van der Waals surface area contributed by atoms with E-state index in [-0.39, 0.29) is 6.54 Å². The molecule has 1 unspecified atom stereocenters. The zero-order valence-corrected chi connectivity index (χ0v) is 9.67. The summed E-state index contributed by atoms with van der Waals surface area (Å²) >= 11 is 0. The number of hydrogen-bond donors (Lipinski definition) is 2. The first-order valence-corrected chi connectivity index (χ1v) is 6.17. The van der Waals surface area contributed by atoms with E-state index in [9.17, 15) is 13.8 Å². The Kier molecular flexibility index (Phi) is 6.68. The number of carbonyl (C=O) groups excluding carboxylic acids is 1. The Morgan fingerprint density at radius 3 is 2.53 bits per heavy atom. The van der Waals surface area contributed by atoms with E-state index < -0.39 is 22.8 Å². The maximum atomic E-state index is 11.2. The second-order valence-corrected chi connectivity index (χ2v) is 4.67. The minimum absolute atomic E-state index is 0.328. The van der Waals surface area contributed by atoms with Crippen molar-refractivity contribution < 1.29 is 18.9 Å². The summed E-state index contributed by atoms with van der Waals surface area (Å²) in [4.78, 5) is 22.5. The topological polar surface area (TPSA) is 86.7 Å². The summed E-state index contributed by atoms with van der Waals surface area (Å²) < 4.78 is 10.7. The first-order valence-electron chi connectivity index (χ1n) is 4.44. The van der Waals surface area contributed by atoms with Gasteiger partial charge < -0.3 is 15.3 Å². The van der Waals surface area contributed by atoms with Crippen LogP contribution in [0.3, 0.4) is 0 Å². The number of carboxylic acid groups (broad SMARTS) is 1. The minimum atomic E-state index is -1.05. The van der Waals surface area contributed by atoms with E-state index in [1.165, 1.54) is 7.05 Å². The summed E-state index contributed by atoms with van der Waals surface area (Å²) in [6.07, 6.45) is 2.22. The molecule has 0 aromatic rings. The van der Waals surface area contributed by atoms with E-state index in [1.54, 1.807) is 6.26 Å². The van der Waals surface area contributed by atoms with Gasteiger partial charge >= 0.3 is 12.0 Å². The standard InChI is InChI=1S/C8H16N2O4S/c1-10(6-7(11)12)8(13)9-4-3-5-15(2)14/h3-6H2,1-2H3,(H,9,13)(H,11,12). The van der Waals surface area contributed by atoms with Crippen molar-refractivity contribution in [3.63, 3.8) is 0 Å². The lowest BCUT2D eigenvalue weighted by atomic mass is 10.5. The summed E-state index contributed by atoms with van der Waals surface area (Å²) in [6.45, 7) is 0.0773. The third-order valence-corrected chi connectivity index (χ3v) is 2.47. The number of hydrogen-bond acceptors (Lipinski definition) is 3.